The third-order valence-electron chi connectivity index (χ3n) is 2.23. The van der Waals surface area contributed by atoms with Crippen LogP contribution in [0.15, 0.2) is 34.1 Å². The topological polar surface area (TPSA) is 12.0 Å². The van der Waals surface area contributed by atoms with Crippen molar-refractivity contribution in [2.45, 2.75) is 6.54 Å². The van der Waals surface area contributed by atoms with Crippen molar-refractivity contribution in [3.63, 3.8) is 0 Å². The first-order valence-corrected chi connectivity index (χ1v) is 6.55. The Kier molecular flexibility index (Phi) is 3.74. The maximum absolute atomic E-state index is 13.6. The Labute approximate surface area is 106 Å². The van der Waals surface area contributed by atoms with Gasteiger partial charge in [0.25, 0.3) is 0 Å². The minimum absolute atomic E-state index is 0.180. The van der Waals surface area contributed by atoms with Gasteiger partial charge in [-0.3, -0.25) is 0 Å². The zero-order valence-corrected chi connectivity index (χ0v) is 11.2. The standard InChI is InChI=1S/C12H11BrFNS/c1-15-6-8-4-12(16-7-8)10-5-9(13)2-3-11(10)14/h2-5,7,15H,6H2,1H3. The Morgan fingerprint density at radius 2 is 2.19 bits per heavy atom. The molecule has 0 amide bonds. The van der Waals surface area contributed by atoms with Crippen LogP contribution in [-0.2, 0) is 6.54 Å². The third kappa shape index (κ3) is 2.51. The van der Waals surface area contributed by atoms with Crippen LogP contribution < -0.4 is 5.32 Å². The number of hydrogen-bond donors (Lipinski definition) is 1. The second kappa shape index (κ2) is 5.08. The van der Waals surface area contributed by atoms with Gasteiger partial charge in [0.05, 0.1) is 0 Å². The Hall–Kier alpha value is -0.710. The number of hydrogen-bond acceptors (Lipinski definition) is 2. The SMILES string of the molecule is CNCc1csc(-c2cc(Br)ccc2F)c1. The van der Waals surface area contributed by atoms with Gasteiger partial charge in [0.15, 0.2) is 0 Å². The summed E-state index contributed by atoms with van der Waals surface area (Å²) in [6.07, 6.45) is 0. The molecular formula is C12H11BrFNS. The Morgan fingerprint density at radius 1 is 1.38 bits per heavy atom. The Morgan fingerprint density at radius 3 is 2.94 bits per heavy atom. The van der Waals surface area contributed by atoms with E-state index in [9.17, 15) is 4.39 Å². The molecule has 16 heavy (non-hydrogen) atoms. The normalized spacial score (nSPS) is 10.7. The van der Waals surface area contributed by atoms with Gasteiger partial charge in [-0.25, -0.2) is 4.39 Å². The molecule has 0 radical (unpaired) electrons. The summed E-state index contributed by atoms with van der Waals surface area (Å²) in [6.45, 7) is 0.812. The molecule has 0 saturated heterocycles. The molecule has 1 aromatic carbocycles. The summed E-state index contributed by atoms with van der Waals surface area (Å²) in [5, 5.41) is 5.13. The van der Waals surface area contributed by atoms with Gasteiger partial charge in [0.2, 0.25) is 0 Å². The summed E-state index contributed by atoms with van der Waals surface area (Å²) in [6, 6.07) is 7.02. The molecule has 0 saturated carbocycles. The average Bonchev–Trinajstić information content (AvgIpc) is 2.71. The predicted molar refractivity (Wildman–Crippen MR) is 70.2 cm³/mol. The molecule has 84 valence electrons. The number of benzene rings is 1. The van der Waals surface area contributed by atoms with Crippen LogP contribution in [0.3, 0.4) is 0 Å². The molecule has 0 fully saturated rings. The van der Waals surface area contributed by atoms with Gasteiger partial charge in [0, 0.05) is 21.5 Å². The molecule has 0 spiro atoms. The fourth-order valence-electron chi connectivity index (χ4n) is 1.50. The van der Waals surface area contributed by atoms with E-state index in [1.165, 1.54) is 11.6 Å². The third-order valence-corrected chi connectivity index (χ3v) is 3.73. The molecule has 1 N–H and O–H groups in total. The lowest BCUT2D eigenvalue weighted by atomic mass is 10.1. The molecule has 0 bridgehead atoms. The fourth-order valence-corrected chi connectivity index (χ4v) is 2.79. The molecule has 2 rings (SSSR count). The molecule has 0 aliphatic rings. The molecule has 1 nitrogen and oxygen atoms in total. The van der Waals surface area contributed by atoms with Crippen LogP contribution in [0.4, 0.5) is 4.39 Å². The van der Waals surface area contributed by atoms with E-state index in [0.29, 0.717) is 5.56 Å². The molecule has 0 unspecified atom stereocenters. The zero-order chi connectivity index (χ0) is 11.5. The van der Waals surface area contributed by atoms with E-state index < -0.39 is 0 Å². The van der Waals surface area contributed by atoms with E-state index >= 15 is 0 Å². The minimum atomic E-state index is -0.180. The lowest BCUT2D eigenvalue weighted by molar-refractivity contribution is 0.631. The molecule has 0 aliphatic heterocycles. The van der Waals surface area contributed by atoms with E-state index in [4.69, 9.17) is 0 Å². The van der Waals surface area contributed by atoms with Gasteiger partial charge >= 0.3 is 0 Å². The zero-order valence-electron chi connectivity index (χ0n) is 8.76. The first-order chi connectivity index (χ1) is 7.70. The largest absolute Gasteiger partial charge is 0.316 e. The Balaban J connectivity index is 2.38. The highest BCUT2D eigenvalue weighted by atomic mass is 79.9. The van der Waals surface area contributed by atoms with Crippen molar-refractivity contribution < 1.29 is 4.39 Å². The summed E-state index contributed by atoms with van der Waals surface area (Å²) in [5.74, 6) is -0.180. The van der Waals surface area contributed by atoms with Gasteiger partial charge < -0.3 is 5.32 Å². The van der Waals surface area contributed by atoms with Gasteiger partial charge in [-0.05, 0) is 42.3 Å². The first-order valence-electron chi connectivity index (χ1n) is 4.88. The maximum atomic E-state index is 13.6. The van der Waals surface area contributed by atoms with Crippen LogP contribution >= 0.6 is 27.3 Å². The first kappa shape index (κ1) is 11.8. The van der Waals surface area contributed by atoms with Crippen molar-refractivity contribution in [1.29, 1.82) is 0 Å². The average molecular weight is 300 g/mol. The van der Waals surface area contributed by atoms with E-state index in [1.54, 1.807) is 17.4 Å². The highest BCUT2D eigenvalue weighted by Gasteiger charge is 2.08. The van der Waals surface area contributed by atoms with E-state index in [2.05, 4.69) is 21.2 Å². The highest BCUT2D eigenvalue weighted by Crippen LogP contribution is 2.31. The Bertz CT molecular complexity index is 496. The smallest absolute Gasteiger partial charge is 0.131 e. The van der Waals surface area contributed by atoms with Crippen molar-refractivity contribution in [2.75, 3.05) is 7.05 Å². The molecule has 4 heteroatoms. The molecule has 2 aromatic rings. The van der Waals surface area contributed by atoms with Gasteiger partial charge in [-0.2, -0.15) is 0 Å². The van der Waals surface area contributed by atoms with Gasteiger partial charge in [-0.15, -0.1) is 11.3 Å². The van der Waals surface area contributed by atoms with E-state index in [0.717, 1.165) is 15.9 Å². The van der Waals surface area contributed by atoms with Crippen LogP contribution in [0.5, 0.6) is 0 Å². The number of rotatable bonds is 3. The predicted octanol–water partition coefficient (Wildman–Crippen LogP) is 4.04. The minimum Gasteiger partial charge on any atom is -0.316 e. The number of halogens is 2. The van der Waals surface area contributed by atoms with Crippen LogP contribution in [0.25, 0.3) is 10.4 Å². The van der Waals surface area contributed by atoms with Crippen LogP contribution in [0, 0.1) is 5.82 Å². The van der Waals surface area contributed by atoms with Crippen molar-refractivity contribution in [3.8, 4) is 10.4 Å². The molecule has 1 heterocycles. The van der Waals surface area contributed by atoms with E-state index in [-0.39, 0.29) is 5.82 Å². The lowest BCUT2D eigenvalue weighted by Gasteiger charge is -2.00. The monoisotopic (exact) mass is 299 g/mol. The summed E-state index contributed by atoms with van der Waals surface area (Å²) < 4.78 is 14.5. The number of thiophene rings is 1. The molecular weight excluding hydrogens is 289 g/mol. The van der Waals surface area contributed by atoms with Crippen LogP contribution in [0.2, 0.25) is 0 Å². The summed E-state index contributed by atoms with van der Waals surface area (Å²) in [7, 11) is 1.90. The molecule has 0 atom stereocenters. The van der Waals surface area contributed by atoms with E-state index in [1.807, 2.05) is 24.6 Å². The van der Waals surface area contributed by atoms with Crippen molar-refractivity contribution in [2.24, 2.45) is 0 Å². The summed E-state index contributed by atoms with van der Waals surface area (Å²) >= 11 is 4.92. The summed E-state index contributed by atoms with van der Waals surface area (Å²) in [4.78, 5) is 0.962. The molecule has 1 aromatic heterocycles. The number of nitrogens with one attached hydrogen (secondary N) is 1. The quantitative estimate of drug-likeness (QED) is 0.902. The van der Waals surface area contributed by atoms with Gasteiger partial charge in [0.1, 0.15) is 5.82 Å². The summed E-state index contributed by atoms with van der Waals surface area (Å²) in [5.41, 5.74) is 1.84. The van der Waals surface area contributed by atoms with Crippen LogP contribution in [0.1, 0.15) is 5.56 Å². The van der Waals surface area contributed by atoms with Crippen LogP contribution in [-0.4, -0.2) is 7.05 Å². The second-order valence-electron chi connectivity index (χ2n) is 3.47. The van der Waals surface area contributed by atoms with Gasteiger partial charge in [-0.1, -0.05) is 15.9 Å². The highest BCUT2D eigenvalue weighted by molar-refractivity contribution is 9.10. The second-order valence-corrected chi connectivity index (χ2v) is 5.30. The van der Waals surface area contributed by atoms with Crippen molar-refractivity contribution in [1.82, 2.24) is 5.32 Å². The fraction of sp³-hybridized carbons (Fsp3) is 0.167. The lowest BCUT2D eigenvalue weighted by Crippen LogP contribution is -2.03. The maximum Gasteiger partial charge on any atom is 0.131 e. The van der Waals surface area contributed by atoms with Crippen molar-refractivity contribution in [3.05, 3.63) is 45.5 Å². The molecule has 0 aliphatic carbocycles. The van der Waals surface area contributed by atoms with Crippen molar-refractivity contribution >= 4 is 27.3 Å².